The third-order valence-electron chi connectivity index (χ3n) is 4.00. The fourth-order valence-electron chi connectivity index (χ4n) is 2.91. The van der Waals surface area contributed by atoms with E-state index in [2.05, 4.69) is 0 Å². The molecule has 0 aromatic heterocycles. The third-order valence-corrected chi connectivity index (χ3v) is 5.22. The van der Waals surface area contributed by atoms with Crippen LogP contribution in [0.1, 0.15) is 24.8 Å². The minimum Gasteiger partial charge on any atom is -0.490 e. The van der Waals surface area contributed by atoms with Crippen molar-refractivity contribution in [2.45, 2.75) is 37.5 Å². The van der Waals surface area contributed by atoms with Crippen LogP contribution in [0.5, 0.6) is 5.75 Å². The first kappa shape index (κ1) is 13.3. The number of hydrogen-bond donors (Lipinski definition) is 1. The highest BCUT2D eigenvalue weighted by molar-refractivity contribution is 7.99. The molecule has 2 aliphatic rings. The Morgan fingerprint density at radius 2 is 2.32 bits per heavy atom. The van der Waals surface area contributed by atoms with E-state index in [1.807, 2.05) is 36.0 Å². The molecule has 2 heterocycles. The Bertz CT molecular complexity index is 432. The van der Waals surface area contributed by atoms with Gasteiger partial charge >= 0.3 is 0 Å². The molecule has 3 rings (SSSR count). The zero-order valence-electron chi connectivity index (χ0n) is 11.1. The van der Waals surface area contributed by atoms with Gasteiger partial charge in [-0.05, 0) is 18.2 Å². The molecule has 2 atom stereocenters. The summed E-state index contributed by atoms with van der Waals surface area (Å²) in [5.41, 5.74) is 6.92. The Balaban J connectivity index is 1.69. The molecule has 19 heavy (non-hydrogen) atoms. The summed E-state index contributed by atoms with van der Waals surface area (Å²) in [5.74, 6) is 3.27. The minimum absolute atomic E-state index is 0.0746. The summed E-state index contributed by atoms with van der Waals surface area (Å²) in [5, 5.41) is 0. The standard InChI is InChI=1S/C15H21NO2S/c16-10-12-3-1-2-4-14(12)18-13-5-7-17-15(9-13)6-8-19-11-15/h1-4,13H,5-11,16H2. The van der Waals surface area contributed by atoms with Gasteiger partial charge in [0.25, 0.3) is 0 Å². The van der Waals surface area contributed by atoms with Crippen molar-refractivity contribution in [3.8, 4) is 5.75 Å². The van der Waals surface area contributed by atoms with E-state index in [4.69, 9.17) is 15.2 Å². The molecule has 3 nitrogen and oxygen atoms in total. The van der Waals surface area contributed by atoms with Gasteiger partial charge in [0.05, 0.1) is 12.2 Å². The van der Waals surface area contributed by atoms with Gasteiger partial charge in [0.2, 0.25) is 0 Å². The minimum atomic E-state index is 0.0746. The van der Waals surface area contributed by atoms with E-state index >= 15 is 0 Å². The van der Waals surface area contributed by atoms with Gasteiger partial charge in [0.15, 0.2) is 0 Å². The molecule has 0 aliphatic carbocycles. The maximum Gasteiger partial charge on any atom is 0.124 e. The van der Waals surface area contributed by atoms with Crippen molar-refractivity contribution in [2.24, 2.45) is 5.73 Å². The summed E-state index contributed by atoms with van der Waals surface area (Å²) in [6, 6.07) is 8.08. The van der Waals surface area contributed by atoms with Crippen LogP contribution in [0.25, 0.3) is 0 Å². The first-order valence-corrected chi connectivity index (χ1v) is 8.13. The Kier molecular flexibility index (Phi) is 4.01. The van der Waals surface area contributed by atoms with Crippen LogP contribution in [0, 0.1) is 0 Å². The summed E-state index contributed by atoms with van der Waals surface area (Å²) in [6.45, 7) is 1.34. The fourth-order valence-corrected chi connectivity index (χ4v) is 4.29. The van der Waals surface area contributed by atoms with Gasteiger partial charge in [0, 0.05) is 30.7 Å². The summed E-state index contributed by atoms with van der Waals surface area (Å²) in [7, 11) is 0. The van der Waals surface area contributed by atoms with Crippen molar-refractivity contribution in [3.05, 3.63) is 29.8 Å². The van der Waals surface area contributed by atoms with Crippen molar-refractivity contribution in [3.63, 3.8) is 0 Å². The van der Waals surface area contributed by atoms with Crippen LogP contribution in [-0.4, -0.2) is 29.8 Å². The van der Waals surface area contributed by atoms with Crippen LogP contribution < -0.4 is 10.5 Å². The molecule has 2 N–H and O–H groups in total. The molecule has 1 spiro atoms. The number of hydrogen-bond acceptors (Lipinski definition) is 4. The molecule has 0 radical (unpaired) electrons. The smallest absolute Gasteiger partial charge is 0.124 e. The van der Waals surface area contributed by atoms with E-state index in [1.165, 1.54) is 5.75 Å². The van der Waals surface area contributed by atoms with Gasteiger partial charge in [0.1, 0.15) is 11.9 Å². The van der Waals surface area contributed by atoms with Crippen LogP contribution in [0.4, 0.5) is 0 Å². The molecular weight excluding hydrogens is 258 g/mol. The van der Waals surface area contributed by atoms with Crippen molar-refractivity contribution < 1.29 is 9.47 Å². The first-order valence-electron chi connectivity index (χ1n) is 6.98. The second-order valence-electron chi connectivity index (χ2n) is 5.38. The van der Waals surface area contributed by atoms with Crippen molar-refractivity contribution in [2.75, 3.05) is 18.1 Å². The lowest BCUT2D eigenvalue weighted by atomic mass is 9.91. The lowest BCUT2D eigenvalue weighted by Crippen LogP contribution is -2.43. The van der Waals surface area contributed by atoms with Crippen molar-refractivity contribution in [1.29, 1.82) is 0 Å². The quantitative estimate of drug-likeness (QED) is 0.923. The van der Waals surface area contributed by atoms with E-state index in [9.17, 15) is 0 Å². The maximum atomic E-state index is 6.19. The second kappa shape index (κ2) is 5.73. The Morgan fingerprint density at radius 1 is 1.42 bits per heavy atom. The molecule has 2 saturated heterocycles. The number of ether oxygens (including phenoxy) is 2. The lowest BCUT2D eigenvalue weighted by Gasteiger charge is -2.37. The van der Waals surface area contributed by atoms with Crippen LogP contribution >= 0.6 is 11.8 Å². The monoisotopic (exact) mass is 279 g/mol. The van der Waals surface area contributed by atoms with Gasteiger partial charge in [-0.15, -0.1) is 0 Å². The van der Waals surface area contributed by atoms with Gasteiger partial charge in [-0.1, -0.05) is 18.2 Å². The highest BCUT2D eigenvalue weighted by Crippen LogP contribution is 2.39. The molecular formula is C15H21NO2S. The van der Waals surface area contributed by atoms with Gasteiger partial charge in [-0.2, -0.15) is 11.8 Å². The summed E-state index contributed by atoms with van der Waals surface area (Å²) < 4.78 is 12.2. The summed E-state index contributed by atoms with van der Waals surface area (Å²) in [6.07, 6.45) is 3.42. The number of thioether (sulfide) groups is 1. The second-order valence-corrected chi connectivity index (χ2v) is 6.48. The third kappa shape index (κ3) is 2.91. The average molecular weight is 279 g/mol. The highest BCUT2D eigenvalue weighted by Gasteiger charge is 2.41. The topological polar surface area (TPSA) is 44.5 Å². The zero-order valence-corrected chi connectivity index (χ0v) is 12.0. The molecule has 1 aromatic rings. The van der Waals surface area contributed by atoms with Crippen molar-refractivity contribution in [1.82, 2.24) is 0 Å². The number of nitrogens with two attached hydrogens (primary N) is 1. The number of para-hydroxylation sites is 1. The molecule has 1 aromatic carbocycles. The SMILES string of the molecule is NCc1ccccc1OC1CCOC2(CCSC2)C1. The fraction of sp³-hybridized carbons (Fsp3) is 0.600. The van der Waals surface area contributed by atoms with Gasteiger partial charge in [-0.3, -0.25) is 0 Å². The molecule has 2 fully saturated rings. The number of rotatable bonds is 3. The Morgan fingerprint density at radius 3 is 3.11 bits per heavy atom. The summed E-state index contributed by atoms with van der Waals surface area (Å²) in [4.78, 5) is 0. The largest absolute Gasteiger partial charge is 0.490 e. The van der Waals surface area contributed by atoms with E-state index in [1.54, 1.807) is 0 Å². The lowest BCUT2D eigenvalue weighted by molar-refractivity contribution is -0.0960. The van der Waals surface area contributed by atoms with Crippen molar-refractivity contribution >= 4 is 11.8 Å². The van der Waals surface area contributed by atoms with Gasteiger partial charge < -0.3 is 15.2 Å². The molecule has 4 heteroatoms. The van der Waals surface area contributed by atoms with Crippen LogP contribution in [0.3, 0.4) is 0 Å². The average Bonchev–Trinajstić information content (AvgIpc) is 2.87. The molecule has 2 aliphatic heterocycles. The van der Waals surface area contributed by atoms with E-state index in [-0.39, 0.29) is 11.7 Å². The van der Waals surface area contributed by atoms with Crippen LogP contribution in [0.2, 0.25) is 0 Å². The normalized spacial score (nSPS) is 30.7. The predicted molar refractivity (Wildman–Crippen MR) is 78.6 cm³/mol. The molecule has 2 unspecified atom stereocenters. The van der Waals surface area contributed by atoms with E-state index in [0.717, 1.165) is 42.9 Å². The van der Waals surface area contributed by atoms with Crippen LogP contribution in [-0.2, 0) is 11.3 Å². The summed E-state index contributed by atoms with van der Waals surface area (Å²) >= 11 is 1.99. The van der Waals surface area contributed by atoms with E-state index < -0.39 is 0 Å². The van der Waals surface area contributed by atoms with E-state index in [0.29, 0.717) is 6.54 Å². The Hall–Kier alpha value is -0.710. The molecule has 0 bridgehead atoms. The maximum absolute atomic E-state index is 6.19. The molecule has 104 valence electrons. The first-order chi connectivity index (χ1) is 9.31. The van der Waals surface area contributed by atoms with Gasteiger partial charge in [-0.25, -0.2) is 0 Å². The molecule has 0 amide bonds. The molecule has 0 saturated carbocycles. The Labute approximate surface area is 118 Å². The van der Waals surface area contributed by atoms with Crippen LogP contribution in [0.15, 0.2) is 24.3 Å². The highest BCUT2D eigenvalue weighted by atomic mass is 32.2. The number of benzene rings is 1. The predicted octanol–water partition coefficient (Wildman–Crippen LogP) is 2.58. The zero-order chi connectivity index (χ0) is 13.1.